The van der Waals surface area contributed by atoms with Crippen molar-refractivity contribution in [3.63, 3.8) is 0 Å². The van der Waals surface area contributed by atoms with Crippen LogP contribution >= 0.6 is 0 Å². The maximum atomic E-state index is 6.22. The molecule has 5 heteroatoms. The first-order chi connectivity index (χ1) is 8.61. The minimum atomic E-state index is -0.367. The van der Waals surface area contributed by atoms with Crippen molar-refractivity contribution in [1.82, 2.24) is 15.0 Å². The minimum absolute atomic E-state index is 0.367. The number of nitrogens with two attached hydrogens (primary N) is 1. The molecule has 2 aromatic rings. The smallest absolute Gasteiger partial charge is 0.237 e. The fourth-order valence-electron chi connectivity index (χ4n) is 1.91. The molecule has 2 N–H and O–H groups in total. The molecule has 0 aromatic carbocycles. The van der Waals surface area contributed by atoms with Gasteiger partial charge in [-0.25, -0.2) is 4.98 Å². The van der Waals surface area contributed by atoms with Crippen LogP contribution in [0.5, 0.6) is 5.88 Å². The van der Waals surface area contributed by atoms with Gasteiger partial charge in [0, 0.05) is 23.8 Å². The van der Waals surface area contributed by atoms with Gasteiger partial charge in [0.2, 0.25) is 5.88 Å². The molecular formula is C13H16N4O. The lowest BCUT2D eigenvalue weighted by Crippen LogP contribution is -2.16. The highest BCUT2D eigenvalue weighted by Gasteiger charge is 2.17. The molecule has 0 aliphatic carbocycles. The Bertz CT molecular complexity index is 536. The Morgan fingerprint density at radius 3 is 2.33 bits per heavy atom. The van der Waals surface area contributed by atoms with Crippen molar-refractivity contribution in [2.24, 2.45) is 5.73 Å². The topological polar surface area (TPSA) is 73.9 Å². The highest BCUT2D eigenvalue weighted by Crippen LogP contribution is 2.24. The van der Waals surface area contributed by atoms with E-state index in [0.29, 0.717) is 11.6 Å². The van der Waals surface area contributed by atoms with Gasteiger partial charge >= 0.3 is 0 Å². The lowest BCUT2D eigenvalue weighted by molar-refractivity contribution is 0.387. The van der Waals surface area contributed by atoms with Crippen molar-refractivity contribution in [2.45, 2.75) is 19.9 Å². The summed E-state index contributed by atoms with van der Waals surface area (Å²) >= 11 is 0. The Labute approximate surface area is 106 Å². The summed E-state index contributed by atoms with van der Waals surface area (Å²) in [6.45, 7) is 3.88. The molecule has 0 saturated heterocycles. The predicted octanol–water partition coefficient (Wildman–Crippen LogP) is 1.55. The molecule has 0 saturated carbocycles. The zero-order valence-electron chi connectivity index (χ0n) is 10.7. The fourth-order valence-corrected chi connectivity index (χ4v) is 1.91. The molecule has 0 aliphatic rings. The van der Waals surface area contributed by atoms with Gasteiger partial charge in [0.15, 0.2) is 0 Å². The van der Waals surface area contributed by atoms with Gasteiger partial charge in [-0.2, -0.15) is 0 Å². The minimum Gasteiger partial charge on any atom is -0.480 e. The molecule has 1 unspecified atom stereocenters. The summed E-state index contributed by atoms with van der Waals surface area (Å²) in [5, 5.41) is 0. The van der Waals surface area contributed by atoms with Crippen molar-refractivity contribution in [1.29, 1.82) is 0 Å². The molecule has 0 amide bonds. The Hall–Kier alpha value is -2.01. The van der Waals surface area contributed by atoms with Gasteiger partial charge in [0.1, 0.15) is 5.69 Å². The van der Waals surface area contributed by atoms with Gasteiger partial charge in [-0.3, -0.25) is 9.97 Å². The van der Waals surface area contributed by atoms with Crippen molar-refractivity contribution in [3.05, 3.63) is 47.2 Å². The Morgan fingerprint density at radius 2 is 1.72 bits per heavy atom. The van der Waals surface area contributed by atoms with E-state index >= 15 is 0 Å². The second-order valence-electron chi connectivity index (χ2n) is 4.11. The van der Waals surface area contributed by atoms with Crippen LogP contribution in [0.1, 0.15) is 28.7 Å². The second-order valence-corrected chi connectivity index (χ2v) is 4.11. The first-order valence-corrected chi connectivity index (χ1v) is 5.67. The number of methoxy groups -OCH3 is 1. The van der Waals surface area contributed by atoms with Gasteiger partial charge in [-0.15, -0.1) is 0 Å². The van der Waals surface area contributed by atoms with Gasteiger partial charge < -0.3 is 10.5 Å². The SMILES string of the molecule is COc1nccnc1C(N)c1cc(C)nc(C)c1. The largest absolute Gasteiger partial charge is 0.480 e. The number of nitrogens with zero attached hydrogens (tertiary/aromatic N) is 3. The third-order valence-corrected chi connectivity index (χ3v) is 2.64. The maximum Gasteiger partial charge on any atom is 0.237 e. The van der Waals surface area contributed by atoms with E-state index in [4.69, 9.17) is 10.5 Å². The summed E-state index contributed by atoms with van der Waals surface area (Å²) in [6.07, 6.45) is 3.19. The average Bonchev–Trinajstić information content (AvgIpc) is 2.36. The molecule has 2 heterocycles. The molecule has 94 valence electrons. The summed E-state index contributed by atoms with van der Waals surface area (Å²) in [6, 6.07) is 3.53. The predicted molar refractivity (Wildman–Crippen MR) is 68.3 cm³/mol. The third-order valence-electron chi connectivity index (χ3n) is 2.64. The second kappa shape index (κ2) is 5.10. The lowest BCUT2D eigenvalue weighted by atomic mass is 10.0. The van der Waals surface area contributed by atoms with E-state index in [-0.39, 0.29) is 6.04 Å². The maximum absolute atomic E-state index is 6.22. The highest BCUT2D eigenvalue weighted by atomic mass is 16.5. The van der Waals surface area contributed by atoms with E-state index in [1.54, 1.807) is 19.5 Å². The number of aromatic nitrogens is 3. The number of hydrogen-bond donors (Lipinski definition) is 1. The summed E-state index contributed by atoms with van der Waals surface area (Å²) in [7, 11) is 1.56. The van der Waals surface area contributed by atoms with Crippen molar-refractivity contribution in [3.8, 4) is 5.88 Å². The van der Waals surface area contributed by atoms with Crippen molar-refractivity contribution < 1.29 is 4.74 Å². The number of pyridine rings is 1. The third kappa shape index (κ3) is 2.46. The van der Waals surface area contributed by atoms with Crippen LogP contribution in [-0.2, 0) is 0 Å². The van der Waals surface area contributed by atoms with Crippen LogP contribution in [-0.4, -0.2) is 22.1 Å². The number of ether oxygens (including phenoxy) is 1. The van der Waals surface area contributed by atoms with E-state index in [2.05, 4.69) is 15.0 Å². The van der Waals surface area contributed by atoms with E-state index in [9.17, 15) is 0 Å². The van der Waals surface area contributed by atoms with Crippen LogP contribution in [0.25, 0.3) is 0 Å². The molecule has 0 aliphatic heterocycles. The Kier molecular flexibility index (Phi) is 3.53. The van der Waals surface area contributed by atoms with E-state index < -0.39 is 0 Å². The van der Waals surface area contributed by atoms with Gasteiger partial charge in [-0.1, -0.05) is 0 Å². The van der Waals surface area contributed by atoms with Gasteiger partial charge in [0.25, 0.3) is 0 Å². The Morgan fingerprint density at radius 1 is 1.11 bits per heavy atom. The molecule has 0 radical (unpaired) electrons. The first-order valence-electron chi connectivity index (χ1n) is 5.67. The molecule has 18 heavy (non-hydrogen) atoms. The van der Waals surface area contributed by atoms with Crippen LogP contribution in [0.3, 0.4) is 0 Å². The van der Waals surface area contributed by atoms with Crippen LogP contribution in [0.4, 0.5) is 0 Å². The normalized spacial score (nSPS) is 12.2. The molecule has 0 bridgehead atoms. The molecule has 0 fully saturated rings. The Balaban J connectivity index is 2.44. The summed E-state index contributed by atoms with van der Waals surface area (Å²) in [5.41, 5.74) is 9.67. The van der Waals surface area contributed by atoms with Gasteiger partial charge in [0.05, 0.1) is 13.2 Å². The molecule has 2 rings (SSSR count). The zero-order chi connectivity index (χ0) is 13.1. The van der Waals surface area contributed by atoms with Crippen LogP contribution in [0.2, 0.25) is 0 Å². The lowest BCUT2D eigenvalue weighted by Gasteiger charge is -2.14. The summed E-state index contributed by atoms with van der Waals surface area (Å²) < 4.78 is 5.18. The van der Waals surface area contributed by atoms with Gasteiger partial charge in [-0.05, 0) is 31.5 Å². The van der Waals surface area contributed by atoms with E-state index in [1.165, 1.54) is 0 Å². The number of aryl methyl sites for hydroxylation is 2. The van der Waals surface area contributed by atoms with Crippen LogP contribution in [0.15, 0.2) is 24.5 Å². The zero-order valence-corrected chi connectivity index (χ0v) is 10.7. The quantitative estimate of drug-likeness (QED) is 0.886. The highest BCUT2D eigenvalue weighted by molar-refractivity contribution is 5.33. The van der Waals surface area contributed by atoms with Crippen LogP contribution in [0, 0.1) is 13.8 Å². The number of rotatable bonds is 3. The van der Waals surface area contributed by atoms with Crippen molar-refractivity contribution >= 4 is 0 Å². The molecule has 0 spiro atoms. The molecule has 2 aromatic heterocycles. The average molecular weight is 244 g/mol. The van der Waals surface area contributed by atoms with Crippen molar-refractivity contribution in [2.75, 3.05) is 7.11 Å². The summed E-state index contributed by atoms with van der Waals surface area (Å²) in [4.78, 5) is 12.7. The van der Waals surface area contributed by atoms with E-state index in [0.717, 1.165) is 17.0 Å². The monoisotopic (exact) mass is 244 g/mol. The van der Waals surface area contributed by atoms with E-state index in [1.807, 2.05) is 26.0 Å². The van der Waals surface area contributed by atoms with Crippen LogP contribution < -0.4 is 10.5 Å². The molecule has 5 nitrogen and oxygen atoms in total. The first kappa shape index (κ1) is 12.4. The summed E-state index contributed by atoms with van der Waals surface area (Å²) in [5.74, 6) is 0.456. The molecular weight excluding hydrogens is 228 g/mol. The standard InChI is InChI=1S/C13H16N4O/c1-8-6-10(7-9(2)17-8)11(14)12-13(18-3)16-5-4-15-12/h4-7,11H,14H2,1-3H3. The number of hydrogen-bond acceptors (Lipinski definition) is 5. The fraction of sp³-hybridized carbons (Fsp3) is 0.308. The molecule has 1 atom stereocenters.